The minimum atomic E-state index is -1.34. The van der Waals surface area contributed by atoms with Gasteiger partial charge in [-0.3, -0.25) is 4.79 Å². The average molecular weight is 344 g/mol. The number of nitrogens with one attached hydrogen (secondary N) is 1. The van der Waals surface area contributed by atoms with Gasteiger partial charge in [-0.2, -0.15) is 0 Å². The first-order valence-electron chi connectivity index (χ1n) is 7.63. The van der Waals surface area contributed by atoms with E-state index in [2.05, 4.69) is 15.6 Å². The number of furan rings is 1. The quantitative estimate of drug-likeness (QED) is 0.710. The normalized spacial score (nSPS) is 13.4. The van der Waals surface area contributed by atoms with Crippen LogP contribution in [0.5, 0.6) is 0 Å². The van der Waals surface area contributed by atoms with E-state index in [0.717, 1.165) is 0 Å². The van der Waals surface area contributed by atoms with Crippen molar-refractivity contribution in [2.45, 2.75) is 19.1 Å². The van der Waals surface area contributed by atoms with Crippen LogP contribution in [0, 0.1) is 5.82 Å². The van der Waals surface area contributed by atoms with E-state index in [9.17, 15) is 14.3 Å². The molecule has 0 saturated carbocycles. The molecule has 0 aliphatic rings. The van der Waals surface area contributed by atoms with Gasteiger partial charge < -0.3 is 14.8 Å². The van der Waals surface area contributed by atoms with E-state index in [1.807, 2.05) is 0 Å². The standard InChI is InChI=1S/C17H17FN4O3/c1-17(24,15-6-3-7-25-15)11-19-16(23)14-10-22(21-20-14)9-12-4-2-5-13(18)8-12/h2-8,10,24H,9,11H2,1H3,(H,19,23). The molecule has 8 heteroatoms. The van der Waals surface area contributed by atoms with Crippen LogP contribution >= 0.6 is 0 Å². The topological polar surface area (TPSA) is 93.2 Å². The fraction of sp³-hybridized carbons (Fsp3) is 0.235. The Balaban J connectivity index is 1.61. The summed E-state index contributed by atoms with van der Waals surface area (Å²) in [6, 6.07) is 9.39. The second kappa shape index (κ2) is 6.86. The monoisotopic (exact) mass is 344 g/mol. The van der Waals surface area contributed by atoms with Gasteiger partial charge in [0.1, 0.15) is 17.2 Å². The number of carbonyl (C=O) groups excluding carboxylic acids is 1. The maximum absolute atomic E-state index is 13.2. The predicted molar refractivity (Wildman–Crippen MR) is 86.1 cm³/mol. The molecule has 2 aromatic heterocycles. The van der Waals surface area contributed by atoms with Crippen molar-refractivity contribution in [2.75, 3.05) is 6.54 Å². The lowest BCUT2D eigenvalue weighted by Gasteiger charge is -2.20. The Morgan fingerprint density at radius 1 is 1.40 bits per heavy atom. The molecule has 1 amide bonds. The Morgan fingerprint density at radius 3 is 2.96 bits per heavy atom. The zero-order valence-electron chi connectivity index (χ0n) is 13.5. The molecular formula is C17H17FN4O3. The van der Waals surface area contributed by atoms with Gasteiger partial charge in [0.15, 0.2) is 5.69 Å². The van der Waals surface area contributed by atoms with Gasteiger partial charge >= 0.3 is 0 Å². The van der Waals surface area contributed by atoms with Gasteiger partial charge in [0.05, 0.1) is 25.5 Å². The van der Waals surface area contributed by atoms with Crippen LogP contribution in [-0.2, 0) is 12.1 Å². The van der Waals surface area contributed by atoms with Crippen molar-refractivity contribution in [2.24, 2.45) is 0 Å². The largest absolute Gasteiger partial charge is 0.466 e. The molecule has 0 bridgehead atoms. The van der Waals surface area contributed by atoms with Crippen molar-refractivity contribution in [3.8, 4) is 0 Å². The third-order valence-corrected chi connectivity index (χ3v) is 3.65. The van der Waals surface area contributed by atoms with Gasteiger partial charge in [-0.1, -0.05) is 17.3 Å². The molecule has 2 heterocycles. The van der Waals surface area contributed by atoms with Crippen molar-refractivity contribution < 1.29 is 18.7 Å². The number of hydrogen-bond donors (Lipinski definition) is 2. The molecule has 0 radical (unpaired) electrons. The number of benzene rings is 1. The number of rotatable bonds is 6. The van der Waals surface area contributed by atoms with Crippen molar-refractivity contribution in [3.63, 3.8) is 0 Å². The van der Waals surface area contributed by atoms with E-state index in [1.165, 1.54) is 36.2 Å². The highest BCUT2D eigenvalue weighted by Gasteiger charge is 2.27. The molecule has 1 unspecified atom stereocenters. The number of carbonyl (C=O) groups is 1. The fourth-order valence-corrected chi connectivity index (χ4v) is 2.32. The van der Waals surface area contributed by atoms with E-state index in [4.69, 9.17) is 4.42 Å². The first kappa shape index (κ1) is 16.8. The summed E-state index contributed by atoms with van der Waals surface area (Å²) < 4.78 is 19.8. The highest BCUT2D eigenvalue weighted by molar-refractivity contribution is 5.91. The highest BCUT2D eigenvalue weighted by atomic mass is 19.1. The Hall–Kier alpha value is -3.00. The lowest BCUT2D eigenvalue weighted by molar-refractivity contribution is 0.0329. The molecule has 0 fully saturated rings. The van der Waals surface area contributed by atoms with E-state index in [-0.39, 0.29) is 18.1 Å². The van der Waals surface area contributed by atoms with Gasteiger partial charge in [-0.05, 0) is 36.8 Å². The maximum atomic E-state index is 13.2. The number of nitrogens with zero attached hydrogens (tertiary/aromatic N) is 3. The fourth-order valence-electron chi connectivity index (χ4n) is 2.32. The Morgan fingerprint density at radius 2 is 2.24 bits per heavy atom. The first-order valence-corrected chi connectivity index (χ1v) is 7.63. The summed E-state index contributed by atoms with van der Waals surface area (Å²) in [5.41, 5.74) is -0.527. The van der Waals surface area contributed by atoms with E-state index >= 15 is 0 Å². The van der Waals surface area contributed by atoms with Crippen molar-refractivity contribution in [1.29, 1.82) is 0 Å². The van der Waals surface area contributed by atoms with Gasteiger partial charge in [0.25, 0.3) is 5.91 Å². The molecule has 1 atom stereocenters. The zero-order chi connectivity index (χ0) is 17.9. The van der Waals surface area contributed by atoms with Crippen LogP contribution in [0.15, 0.2) is 53.3 Å². The summed E-state index contributed by atoms with van der Waals surface area (Å²) in [6.07, 6.45) is 2.91. The zero-order valence-corrected chi connectivity index (χ0v) is 13.5. The smallest absolute Gasteiger partial charge is 0.273 e. The SMILES string of the molecule is CC(O)(CNC(=O)c1cn(Cc2cccc(F)c2)nn1)c1ccco1. The number of amides is 1. The molecule has 2 N–H and O–H groups in total. The Labute approximate surface area is 143 Å². The summed E-state index contributed by atoms with van der Waals surface area (Å²) in [6.45, 7) is 1.78. The minimum absolute atomic E-state index is 0.0455. The molecular weight excluding hydrogens is 327 g/mol. The number of aromatic nitrogens is 3. The summed E-state index contributed by atoms with van der Waals surface area (Å²) in [5.74, 6) is -0.462. The molecule has 130 valence electrons. The number of aliphatic hydroxyl groups is 1. The number of halogens is 1. The third-order valence-electron chi connectivity index (χ3n) is 3.65. The van der Waals surface area contributed by atoms with Crippen LogP contribution in [0.25, 0.3) is 0 Å². The molecule has 3 rings (SSSR count). The summed E-state index contributed by atoms with van der Waals surface area (Å²) in [5, 5.41) is 20.6. The van der Waals surface area contributed by atoms with Gasteiger partial charge in [-0.25, -0.2) is 9.07 Å². The molecule has 25 heavy (non-hydrogen) atoms. The van der Waals surface area contributed by atoms with Crippen molar-refractivity contribution in [1.82, 2.24) is 20.3 Å². The number of hydrogen-bond acceptors (Lipinski definition) is 5. The summed E-state index contributed by atoms with van der Waals surface area (Å²) >= 11 is 0. The molecule has 0 saturated heterocycles. The molecule has 0 aliphatic heterocycles. The van der Waals surface area contributed by atoms with Crippen molar-refractivity contribution in [3.05, 3.63) is 71.7 Å². The molecule has 1 aromatic carbocycles. The van der Waals surface area contributed by atoms with E-state index < -0.39 is 11.5 Å². The molecule has 3 aromatic rings. The average Bonchev–Trinajstić information content (AvgIpc) is 3.25. The van der Waals surface area contributed by atoms with Crippen LogP contribution < -0.4 is 5.32 Å². The van der Waals surface area contributed by atoms with Gasteiger partial charge in [0.2, 0.25) is 0 Å². The highest BCUT2D eigenvalue weighted by Crippen LogP contribution is 2.19. The van der Waals surface area contributed by atoms with Gasteiger partial charge in [0, 0.05) is 0 Å². The summed E-state index contributed by atoms with van der Waals surface area (Å²) in [4.78, 5) is 12.2. The Kier molecular flexibility index (Phi) is 4.62. The second-order valence-electron chi connectivity index (χ2n) is 5.87. The van der Waals surface area contributed by atoms with Crippen molar-refractivity contribution >= 4 is 5.91 Å². The van der Waals surface area contributed by atoms with Crippen LogP contribution in [-0.4, -0.2) is 32.6 Å². The van der Waals surface area contributed by atoms with Crippen LogP contribution in [0.4, 0.5) is 4.39 Å². The Bertz CT molecular complexity index is 858. The van der Waals surface area contributed by atoms with E-state index in [1.54, 1.807) is 24.3 Å². The van der Waals surface area contributed by atoms with Crippen LogP contribution in [0.3, 0.4) is 0 Å². The summed E-state index contributed by atoms with van der Waals surface area (Å²) in [7, 11) is 0. The lowest BCUT2D eigenvalue weighted by Crippen LogP contribution is -2.38. The van der Waals surface area contributed by atoms with E-state index in [0.29, 0.717) is 17.9 Å². The molecule has 7 nitrogen and oxygen atoms in total. The lowest BCUT2D eigenvalue weighted by atomic mass is 10.0. The third kappa shape index (κ3) is 4.10. The van der Waals surface area contributed by atoms with Crippen LogP contribution in [0.1, 0.15) is 28.7 Å². The second-order valence-corrected chi connectivity index (χ2v) is 5.87. The van der Waals surface area contributed by atoms with Gasteiger partial charge in [-0.15, -0.1) is 5.10 Å². The predicted octanol–water partition coefficient (Wildman–Crippen LogP) is 1.70. The first-order chi connectivity index (χ1) is 11.9. The minimum Gasteiger partial charge on any atom is -0.466 e. The maximum Gasteiger partial charge on any atom is 0.273 e. The molecule has 0 spiro atoms. The molecule has 0 aliphatic carbocycles. The van der Waals surface area contributed by atoms with Crippen LogP contribution in [0.2, 0.25) is 0 Å².